The van der Waals surface area contributed by atoms with E-state index in [1.165, 1.54) is 18.4 Å². The number of ether oxygens (including phenoxy) is 1. The molecule has 0 aliphatic heterocycles. The fourth-order valence-electron chi connectivity index (χ4n) is 3.36. The molecule has 1 saturated carbocycles. The molecule has 2 heteroatoms. The van der Waals surface area contributed by atoms with E-state index >= 15 is 0 Å². The first-order valence-corrected chi connectivity index (χ1v) is 7.09. The lowest BCUT2D eigenvalue weighted by atomic mass is 9.58. The Hall–Kier alpha value is -0.860. The fraction of sp³-hybridized carbons (Fsp3) is 0.625. The predicted octanol–water partition coefficient (Wildman–Crippen LogP) is 3.37. The molecule has 0 radical (unpaired) electrons. The monoisotopic (exact) mass is 247 g/mol. The molecule has 1 aliphatic carbocycles. The molecule has 1 aromatic rings. The van der Waals surface area contributed by atoms with E-state index in [9.17, 15) is 0 Å². The van der Waals surface area contributed by atoms with Crippen LogP contribution in [-0.4, -0.2) is 19.2 Å². The molecule has 18 heavy (non-hydrogen) atoms. The first kappa shape index (κ1) is 13.6. The molecule has 0 heterocycles. The molecule has 2 atom stereocenters. The second-order valence-electron chi connectivity index (χ2n) is 5.30. The summed E-state index contributed by atoms with van der Waals surface area (Å²) >= 11 is 0. The van der Waals surface area contributed by atoms with E-state index in [1.807, 2.05) is 6.07 Å². The first-order chi connectivity index (χ1) is 8.76. The van der Waals surface area contributed by atoms with Crippen LogP contribution in [0.15, 0.2) is 30.3 Å². The van der Waals surface area contributed by atoms with Gasteiger partial charge in [-0.3, -0.25) is 0 Å². The average Bonchev–Trinajstić information content (AvgIpc) is 2.41. The molecule has 100 valence electrons. The minimum absolute atomic E-state index is 0.337. The van der Waals surface area contributed by atoms with Crippen molar-refractivity contribution in [3.63, 3.8) is 0 Å². The highest BCUT2D eigenvalue weighted by Gasteiger charge is 2.52. The van der Waals surface area contributed by atoms with Gasteiger partial charge in [0.1, 0.15) is 0 Å². The molecule has 0 bridgehead atoms. The van der Waals surface area contributed by atoms with E-state index in [4.69, 9.17) is 4.74 Å². The van der Waals surface area contributed by atoms with Crippen molar-refractivity contribution in [3.05, 3.63) is 35.9 Å². The van der Waals surface area contributed by atoms with Crippen LogP contribution in [-0.2, 0) is 11.3 Å². The molecular weight excluding hydrogens is 222 g/mol. The molecule has 0 aromatic heterocycles. The third-order valence-corrected chi connectivity index (χ3v) is 4.74. The van der Waals surface area contributed by atoms with Gasteiger partial charge < -0.3 is 10.1 Å². The number of hydrogen-bond donors (Lipinski definition) is 1. The van der Waals surface area contributed by atoms with Crippen LogP contribution in [0.2, 0.25) is 0 Å². The summed E-state index contributed by atoms with van der Waals surface area (Å²) in [6.45, 7) is 5.31. The largest absolute Gasteiger partial charge is 0.373 e. The van der Waals surface area contributed by atoms with E-state index in [2.05, 4.69) is 50.5 Å². The Morgan fingerprint density at radius 3 is 2.44 bits per heavy atom. The summed E-state index contributed by atoms with van der Waals surface area (Å²) in [7, 11) is 2.07. The normalized spacial score (nSPS) is 25.7. The summed E-state index contributed by atoms with van der Waals surface area (Å²) in [4.78, 5) is 0. The van der Waals surface area contributed by atoms with Gasteiger partial charge in [-0.1, -0.05) is 44.2 Å². The molecule has 2 unspecified atom stereocenters. The van der Waals surface area contributed by atoms with Crippen molar-refractivity contribution in [3.8, 4) is 0 Å². The number of benzene rings is 1. The Balaban J connectivity index is 1.94. The van der Waals surface area contributed by atoms with Gasteiger partial charge >= 0.3 is 0 Å². The molecule has 1 fully saturated rings. The summed E-state index contributed by atoms with van der Waals surface area (Å²) in [5, 5.41) is 3.44. The van der Waals surface area contributed by atoms with Gasteiger partial charge in [-0.2, -0.15) is 0 Å². The second kappa shape index (κ2) is 5.85. The van der Waals surface area contributed by atoms with Gasteiger partial charge in [0.25, 0.3) is 0 Å². The topological polar surface area (TPSA) is 21.3 Å². The smallest absolute Gasteiger partial charge is 0.0720 e. The van der Waals surface area contributed by atoms with Crippen molar-refractivity contribution < 1.29 is 4.74 Å². The van der Waals surface area contributed by atoms with Crippen LogP contribution in [0.4, 0.5) is 0 Å². The van der Waals surface area contributed by atoms with Crippen molar-refractivity contribution >= 4 is 0 Å². The molecule has 0 spiro atoms. The molecule has 2 rings (SSSR count). The standard InChI is InChI=1S/C16H25NO/c1-4-16(5-2)14(17-3)11-15(16)18-12-13-9-7-6-8-10-13/h6-10,14-15,17H,4-5,11-12H2,1-3H3. The summed E-state index contributed by atoms with van der Waals surface area (Å²) in [6, 6.07) is 11.1. The molecule has 1 aromatic carbocycles. The van der Waals surface area contributed by atoms with Crippen LogP contribution in [0.5, 0.6) is 0 Å². The van der Waals surface area contributed by atoms with Crippen LogP contribution in [0, 0.1) is 5.41 Å². The summed E-state index contributed by atoms with van der Waals surface area (Å²) < 4.78 is 6.15. The average molecular weight is 247 g/mol. The number of nitrogens with one attached hydrogen (secondary N) is 1. The maximum absolute atomic E-state index is 6.15. The molecular formula is C16H25NO. The highest BCUT2D eigenvalue weighted by molar-refractivity contribution is 5.14. The minimum atomic E-state index is 0.337. The second-order valence-corrected chi connectivity index (χ2v) is 5.30. The maximum atomic E-state index is 6.15. The van der Waals surface area contributed by atoms with Crippen molar-refractivity contribution in [1.82, 2.24) is 5.32 Å². The van der Waals surface area contributed by atoms with Crippen LogP contribution in [0.3, 0.4) is 0 Å². The molecule has 1 N–H and O–H groups in total. The van der Waals surface area contributed by atoms with Crippen LogP contribution < -0.4 is 5.32 Å². The van der Waals surface area contributed by atoms with Crippen molar-refractivity contribution in [1.29, 1.82) is 0 Å². The van der Waals surface area contributed by atoms with Gasteiger partial charge in [0.15, 0.2) is 0 Å². The summed E-state index contributed by atoms with van der Waals surface area (Å²) in [6.07, 6.45) is 3.93. The molecule has 0 amide bonds. The van der Waals surface area contributed by atoms with Crippen LogP contribution in [0.1, 0.15) is 38.7 Å². The Labute approximate surface area is 111 Å². The van der Waals surface area contributed by atoms with Crippen LogP contribution in [0.25, 0.3) is 0 Å². The summed E-state index contributed by atoms with van der Waals surface area (Å²) in [5.74, 6) is 0. The van der Waals surface area contributed by atoms with Gasteiger partial charge in [0.05, 0.1) is 12.7 Å². The van der Waals surface area contributed by atoms with Gasteiger partial charge in [0.2, 0.25) is 0 Å². The Morgan fingerprint density at radius 1 is 1.22 bits per heavy atom. The zero-order valence-electron chi connectivity index (χ0n) is 11.8. The van der Waals surface area contributed by atoms with Gasteiger partial charge in [0, 0.05) is 11.5 Å². The lowest BCUT2D eigenvalue weighted by Gasteiger charge is -2.55. The van der Waals surface area contributed by atoms with E-state index in [0.717, 1.165) is 13.0 Å². The lowest BCUT2D eigenvalue weighted by Crippen LogP contribution is -2.62. The van der Waals surface area contributed by atoms with Crippen molar-refractivity contribution in [2.45, 2.75) is 51.9 Å². The predicted molar refractivity (Wildman–Crippen MR) is 75.5 cm³/mol. The van der Waals surface area contributed by atoms with Gasteiger partial charge in [-0.25, -0.2) is 0 Å². The van der Waals surface area contributed by atoms with E-state index < -0.39 is 0 Å². The Morgan fingerprint density at radius 2 is 1.89 bits per heavy atom. The zero-order chi connectivity index (χ0) is 13.0. The summed E-state index contributed by atoms with van der Waals surface area (Å²) in [5.41, 5.74) is 1.61. The third-order valence-electron chi connectivity index (χ3n) is 4.74. The van der Waals surface area contributed by atoms with Crippen LogP contribution >= 0.6 is 0 Å². The molecule has 1 aliphatic rings. The maximum Gasteiger partial charge on any atom is 0.0720 e. The number of hydrogen-bond acceptors (Lipinski definition) is 2. The highest BCUT2D eigenvalue weighted by atomic mass is 16.5. The first-order valence-electron chi connectivity index (χ1n) is 7.09. The zero-order valence-corrected chi connectivity index (χ0v) is 11.8. The quantitative estimate of drug-likeness (QED) is 0.832. The molecule has 2 nitrogen and oxygen atoms in total. The fourth-order valence-corrected chi connectivity index (χ4v) is 3.36. The highest BCUT2D eigenvalue weighted by Crippen LogP contribution is 2.48. The van der Waals surface area contributed by atoms with Gasteiger partial charge in [-0.05, 0) is 31.9 Å². The van der Waals surface area contributed by atoms with Crippen molar-refractivity contribution in [2.75, 3.05) is 7.05 Å². The van der Waals surface area contributed by atoms with E-state index in [1.54, 1.807) is 0 Å². The van der Waals surface area contributed by atoms with Gasteiger partial charge in [-0.15, -0.1) is 0 Å². The van der Waals surface area contributed by atoms with Crippen molar-refractivity contribution in [2.24, 2.45) is 5.41 Å². The lowest BCUT2D eigenvalue weighted by molar-refractivity contribution is -0.145. The Bertz CT molecular complexity index is 359. The minimum Gasteiger partial charge on any atom is -0.373 e. The number of rotatable bonds is 6. The Kier molecular flexibility index (Phi) is 4.41. The SMILES string of the molecule is CCC1(CC)C(NC)CC1OCc1ccccc1. The van der Waals surface area contributed by atoms with E-state index in [0.29, 0.717) is 17.6 Å². The van der Waals surface area contributed by atoms with E-state index in [-0.39, 0.29) is 0 Å². The third kappa shape index (κ3) is 2.32. The molecule has 0 saturated heterocycles.